The smallest absolute Gasteiger partial charge is 0.407 e. The number of nitrogens with one attached hydrogen (secondary N) is 1. The molecule has 2 amide bonds. The number of ether oxygens (including phenoxy) is 3. The number of carbonyl (C=O) groups excluding carboxylic acids is 2. The van der Waals surface area contributed by atoms with Crippen molar-refractivity contribution in [2.45, 2.75) is 82.9 Å². The molecule has 1 saturated heterocycles. The number of morpholine rings is 1. The summed E-state index contributed by atoms with van der Waals surface area (Å²) in [5.41, 5.74) is 3.81. The van der Waals surface area contributed by atoms with Gasteiger partial charge in [0.2, 0.25) is 5.91 Å². The average Bonchev–Trinajstić information content (AvgIpc) is 3.45. The molecule has 3 aromatic rings. The molecule has 49 heavy (non-hydrogen) atoms. The van der Waals surface area contributed by atoms with Crippen molar-refractivity contribution in [3.63, 3.8) is 0 Å². The van der Waals surface area contributed by atoms with Crippen LogP contribution >= 0.6 is 0 Å². The number of benzene rings is 3. The molecule has 0 spiro atoms. The number of rotatable bonds is 16. The van der Waals surface area contributed by atoms with Crippen molar-refractivity contribution in [3.05, 3.63) is 101 Å². The normalized spacial score (nSPS) is 19.3. The van der Waals surface area contributed by atoms with Crippen LogP contribution in [-0.2, 0) is 33.7 Å². The SMILES string of the molecule is CCC(C)OC(=O)N[C@@H](Cc1ccccc1)[C@@H](O)CCC(=O)N(Cc1ccc(OCCN2CCOCC2)cc1)[C@H]1c2ccccc2C[C@H]1O. The average molecular weight is 674 g/mol. The van der Waals surface area contributed by atoms with Crippen LogP contribution in [0, 0.1) is 0 Å². The molecule has 0 aromatic heterocycles. The fourth-order valence-corrected chi connectivity index (χ4v) is 6.49. The Bertz CT molecular complexity index is 1460. The first kappa shape index (κ1) is 36.3. The Morgan fingerprint density at radius 1 is 1.00 bits per heavy atom. The van der Waals surface area contributed by atoms with Crippen molar-refractivity contribution in [3.8, 4) is 5.75 Å². The van der Waals surface area contributed by atoms with E-state index >= 15 is 0 Å². The van der Waals surface area contributed by atoms with E-state index in [-0.39, 0.29) is 31.4 Å². The zero-order valence-corrected chi connectivity index (χ0v) is 28.7. The molecular weight excluding hydrogens is 622 g/mol. The van der Waals surface area contributed by atoms with E-state index in [0.717, 1.165) is 60.9 Å². The van der Waals surface area contributed by atoms with Gasteiger partial charge in [-0.3, -0.25) is 9.69 Å². The predicted octanol–water partition coefficient (Wildman–Crippen LogP) is 4.66. The predicted molar refractivity (Wildman–Crippen MR) is 187 cm³/mol. The minimum atomic E-state index is -1.01. The first-order chi connectivity index (χ1) is 23.8. The highest BCUT2D eigenvalue weighted by molar-refractivity contribution is 5.77. The van der Waals surface area contributed by atoms with E-state index < -0.39 is 30.4 Å². The Kier molecular flexibility index (Phi) is 13.5. The second-order valence-electron chi connectivity index (χ2n) is 13.1. The molecule has 264 valence electrons. The molecule has 5 rings (SSSR count). The fourth-order valence-electron chi connectivity index (χ4n) is 6.49. The van der Waals surface area contributed by atoms with Gasteiger partial charge in [-0.25, -0.2) is 4.79 Å². The summed E-state index contributed by atoms with van der Waals surface area (Å²) >= 11 is 0. The Balaban J connectivity index is 1.26. The number of fused-ring (bicyclic) bond motifs is 1. The van der Waals surface area contributed by atoms with E-state index in [4.69, 9.17) is 14.2 Å². The van der Waals surface area contributed by atoms with Crippen molar-refractivity contribution in [2.75, 3.05) is 39.5 Å². The lowest BCUT2D eigenvalue weighted by Crippen LogP contribution is -2.46. The second kappa shape index (κ2) is 18.2. The minimum absolute atomic E-state index is 0.0304. The maximum Gasteiger partial charge on any atom is 0.407 e. The highest BCUT2D eigenvalue weighted by Gasteiger charge is 2.38. The summed E-state index contributed by atoms with van der Waals surface area (Å²) in [7, 11) is 0. The van der Waals surface area contributed by atoms with Crippen LogP contribution in [0.1, 0.15) is 61.4 Å². The number of hydrogen-bond acceptors (Lipinski definition) is 8. The molecular formula is C39H51N3O7. The lowest BCUT2D eigenvalue weighted by atomic mass is 9.97. The number of amides is 2. The molecule has 0 bridgehead atoms. The summed E-state index contributed by atoms with van der Waals surface area (Å²) < 4.78 is 16.9. The molecule has 1 fully saturated rings. The molecule has 10 heteroatoms. The third-order valence-electron chi connectivity index (χ3n) is 9.48. The summed E-state index contributed by atoms with van der Waals surface area (Å²) in [6.07, 6.45) is -0.954. The van der Waals surface area contributed by atoms with Gasteiger partial charge in [-0.2, -0.15) is 0 Å². The van der Waals surface area contributed by atoms with Crippen LogP contribution in [0.5, 0.6) is 5.75 Å². The second-order valence-corrected chi connectivity index (χ2v) is 13.1. The van der Waals surface area contributed by atoms with Crippen LogP contribution in [0.2, 0.25) is 0 Å². The number of nitrogens with zero attached hydrogens (tertiary/aromatic N) is 2. The van der Waals surface area contributed by atoms with Gasteiger partial charge in [0, 0.05) is 39.0 Å². The summed E-state index contributed by atoms with van der Waals surface area (Å²) in [4.78, 5) is 30.8. The topological polar surface area (TPSA) is 121 Å². The lowest BCUT2D eigenvalue weighted by Gasteiger charge is -2.33. The Labute approximate surface area is 290 Å². The summed E-state index contributed by atoms with van der Waals surface area (Å²) in [6.45, 7) is 8.77. The Morgan fingerprint density at radius 3 is 2.45 bits per heavy atom. The zero-order chi connectivity index (χ0) is 34.6. The Hall–Kier alpha value is -3.96. The van der Waals surface area contributed by atoms with Gasteiger partial charge in [0.25, 0.3) is 0 Å². The molecule has 2 aliphatic rings. The monoisotopic (exact) mass is 673 g/mol. The fraction of sp³-hybridized carbons (Fsp3) is 0.487. The van der Waals surface area contributed by atoms with Crippen molar-refractivity contribution in [2.24, 2.45) is 0 Å². The summed E-state index contributed by atoms with van der Waals surface area (Å²) in [6, 6.07) is 24.0. The van der Waals surface area contributed by atoms with Crippen molar-refractivity contribution >= 4 is 12.0 Å². The highest BCUT2D eigenvalue weighted by Crippen LogP contribution is 2.37. The third kappa shape index (κ3) is 10.5. The summed E-state index contributed by atoms with van der Waals surface area (Å²) in [5, 5.41) is 25.5. The van der Waals surface area contributed by atoms with Gasteiger partial charge < -0.3 is 34.6 Å². The van der Waals surface area contributed by atoms with E-state index in [1.165, 1.54) is 0 Å². The van der Waals surface area contributed by atoms with Gasteiger partial charge >= 0.3 is 6.09 Å². The van der Waals surface area contributed by atoms with Gasteiger partial charge in [-0.05, 0) is 60.6 Å². The molecule has 1 aliphatic heterocycles. The van der Waals surface area contributed by atoms with Gasteiger partial charge in [0.15, 0.2) is 0 Å². The first-order valence-electron chi connectivity index (χ1n) is 17.6. The van der Waals surface area contributed by atoms with Crippen LogP contribution in [0.25, 0.3) is 0 Å². The molecule has 5 atom stereocenters. The molecule has 0 saturated carbocycles. The highest BCUT2D eigenvalue weighted by atomic mass is 16.6. The molecule has 1 heterocycles. The largest absolute Gasteiger partial charge is 0.492 e. The third-order valence-corrected chi connectivity index (χ3v) is 9.48. The number of hydrogen-bond donors (Lipinski definition) is 3. The van der Waals surface area contributed by atoms with Crippen molar-refractivity contribution in [1.82, 2.24) is 15.1 Å². The number of aliphatic hydroxyl groups is 2. The van der Waals surface area contributed by atoms with Gasteiger partial charge in [-0.15, -0.1) is 0 Å². The molecule has 0 radical (unpaired) electrons. The van der Waals surface area contributed by atoms with Crippen LogP contribution < -0.4 is 10.1 Å². The lowest BCUT2D eigenvalue weighted by molar-refractivity contribution is -0.137. The molecule has 10 nitrogen and oxygen atoms in total. The Morgan fingerprint density at radius 2 is 1.71 bits per heavy atom. The molecule has 1 aliphatic carbocycles. The zero-order valence-electron chi connectivity index (χ0n) is 28.7. The number of carbonyl (C=O) groups is 2. The van der Waals surface area contributed by atoms with E-state index in [1.54, 1.807) is 4.90 Å². The van der Waals surface area contributed by atoms with Gasteiger partial charge in [0.1, 0.15) is 18.5 Å². The van der Waals surface area contributed by atoms with Crippen LogP contribution in [0.15, 0.2) is 78.9 Å². The molecule has 3 N–H and O–H groups in total. The van der Waals surface area contributed by atoms with Crippen LogP contribution in [-0.4, -0.2) is 95.8 Å². The quantitative estimate of drug-likeness (QED) is 0.201. The molecule has 1 unspecified atom stereocenters. The standard InChI is InChI=1S/C39H51N3O7/c1-3-28(2)49-39(46)40-34(25-29-9-5-4-6-10-29)35(43)17-18-37(45)42(38-33-12-8-7-11-31(33)26-36(38)44)27-30-13-15-32(16-14-30)48-24-21-41-19-22-47-23-20-41/h4-16,28,34-36,38,43-44H,3,17-27H2,1-2H3,(H,40,46)/t28?,34-,35-,36+,38-/m0/s1. The maximum absolute atomic E-state index is 14.1. The molecule has 3 aromatic carbocycles. The maximum atomic E-state index is 14.1. The van der Waals surface area contributed by atoms with E-state index in [1.807, 2.05) is 92.7 Å². The van der Waals surface area contributed by atoms with Crippen molar-refractivity contribution < 1.29 is 34.0 Å². The number of aliphatic hydroxyl groups excluding tert-OH is 2. The van der Waals surface area contributed by atoms with Crippen LogP contribution in [0.3, 0.4) is 0 Å². The van der Waals surface area contributed by atoms with E-state index in [0.29, 0.717) is 25.9 Å². The van der Waals surface area contributed by atoms with Crippen molar-refractivity contribution in [1.29, 1.82) is 0 Å². The van der Waals surface area contributed by atoms with Gasteiger partial charge in [0.05, 0.1) is 37.5 Å². The summed E-state index contributed by atoms with van der Waals surface area (Å²) in [5.74, 6) is 0.569. The minimum Gasteiger partial charge on any atom is -0.492 e. The van der Waals surface area contributed by atoms with Gasteiger partial charge in [-0.1, -0.05) is 73.7 Å². The number of alkyl carbamates (subject to hydrolysis) is 1. The first-order valence-corrected chi connectivity index (χ1v) is 17.6. The van der Waals surface area contributed by atoms with E-state index in [9.17, 15) is 19.8 Å². The van der Waals surface area contributed by atoms with Crippen LogP contribution in [0.4, 0.5) is 4.79 Å². The van der Waals surface area contributed by atoms with E-state index in [2.05, 4.69) is 10.2 Å².